The lowest BCUT2D eigenvalue weighted by Gasteiger charge is -2.14. The quantitative estimate of drug-likeness (QED) is 0.736. The standard InChI is InChI=1S/C13H20N2O2/c1-4-13(16)12-6-5-11(9-15-12)17-10(2)7-8-14-3/h5-6,9-10,14H,4,7-8H2,1-3H3. The zero-order valence-corrected chi connectivity index (χ0v) is 10.7. The molecule has 17 heavy (non-hydrogen) atoms. The summed E-state index contributed by atoms with van der Waals surface area (Å²) in [7, 11) is 1.92. The highest BCUT2D eigenvalue weighted by atomic mass is 16.5. The number of hydrogen-bond acceptors (Lipinski definition) is 4. The molecule has 4 nitrogen and oxygen atoms in total. The van der Waals surface area contributed by atoms with E-state index in [1.807, 2.05) is 20.9 Å². The zero-order valence-electron chi connectivity index (χ0n) is 10.7. The number of aromatic nitrogens is 1. The number of nitrogens with one attached hydrogen (secondary N) is 1. The lowest BCUT2D eigenvalue weighted by atomic mass is 10.2. The van der Waals surface area contributed by atoms with Gasteiger partial charge in [-0.2, -0.15) is 0 Å². The van der Waals surface area contributed by atoms with Gasteiger partial charge in [0.1, 0.15) is 11.4 Å². The second-order valence-electron chi connectivity index (χ2n) is 3.98. The van der Waals surface area contributed by atoms with Crippen molar-refractivity contribution in [2.45, 2.75) is 32.8 Å². The molecule has 0 aliphatic rings. The molecule has 0 saturated heterocycles. The molecule has 0 saturated carbocycles. The van der Waals surface area contributed by atoms with E-state index in [4.69, 9.17) is 4.74 Å². The summed E-state index contributed by atoms with van der Waals surface area (Å²) < 4.78 is 5.67. The first-order chi connectivity index (χ1) is 8.17. The summed E-state index contributed by atoms with van der Waals surface area (Å²) in [5.41, 5.74) is 0.503. The Kier molecular flexibility index (Phi) is 5.63. The van der Waals surface area contributed by atoms with Crippen LogP contribution in [0.5, 0.6) is 5.75 Å². The van der Waals surface area contributed by atoms with Crippen LogP contribution < -0.4 is 10.1 Å². The molecule has 1 N–H and O–H groups in total. The van der Waals surface area contributed by atoms with Gasteiger partial charge in [0, 0.05) is 6.42 Å². The van der Waals surface area contributed by atoms with Crippen molar-refractivity contribution < 1.29 is 9.53 Å². The minimum atomic E-state index is 0.0554. The molecule has 1 aromatic rings. The summed E-state index contributed by atoms with van der Waals surface area (Å²) in [6.07, 6.45) is 3.16. The van der Waals surface area contributed by atoms with Crippen LogP contribution >= 0.6 is 0 Å². The molecule has 1 heterocycles. The number of carbonyl (C=O) groups excluding carboxylic acids is 1. The third kappa shape index (κ3) is 4.53. The highest BCUT2D eigenvalue weighted by Crippen LogP contribution is 2.13. The van der Waals surface area contributed by atoms with Crippen LogP contribution in [0.4, 0.5) is 0 Å². The van der Waals surface area contributed by atoms with E-state index in [1.54, 1.807) is 18.3 Å². The number of ether oxygens (including phenoxy) is 1. The van der Waals surface area contributed by atoms with Crippen molar-refractivity contribution in [3.05, 3.63) is 24.0 Å². The van der Waals surface area contributed by atoms with Crippen LogP contribution in [0.3, 0.4) is 0 Å². The third-order valence-corrected chi connectivity index (χ3v) is 2.48. The summed E-state index contributed by atoms with van der Waals surface area (Å²) in [4.78, 5) is 15.5. The molecular formula is C13H20N2O2. The van der Waals surface area contributed by atoms with Gasteiger partial charge in [0.15, 0.2) is 5.78 Å². The highest BCUT2D eigenvalue weighted by Gasteiger charge is 2.06. The van der Waals surface area contributed by atoms with E-state index < -0.39 is 0 Å². The van der Waals surface area contributed by atoms with Crippen LogP contribution in [0.2, 0.25) is 0 Å². The maximum absolute atomic E-state index is 11.4. The zero-order chi connectivity index (χ0) is 12.7. The Morgan fingerprint density at radius 1 is 1.53 bits per heavy atom. The van der Waals surface area contributed by atoms with Crippen LogP contribution in [-0.2, 0) is 0 Å². The van der Waals surface area contributed by atoms with E-state index in [2.05, 4.69) is 10.3 Å². The SMILES string of the molecule is CCC(=O)c1ccc(OC(C)CCNC)cn1. The summed E-state index contributed by atoms with van der Waals surface area (Å²) in [5, 5.41) is 3.08. The van der Waals surface area contributed by atoms with E-state index >= 15 is 0 Å². The van der Waals surface area contributed by atoms with Crippen molar-refractivity contribution in [1.82, 2.24) is 10.3 Å². The molecule has 1 rings (SSSR count). The van der Waals surface area contributed by atoms with Crippen molar-refractivity contribution in [2.24, 2.45) is 0 Å². The van der Waals surface area contributed by atoms with Crippen LogP contribution in [-0.4, -0.2) is 30.5 Å². The molecule has 0 spiro atoms. The van der Waals surface area contributed by atoms with E-state index in [-0.39, 0.29) is 11.9 Å². The van der Waals surface area contributed by atoms with Gasteiger partial charge in [-0.3, -0.25) is 4.79 Å². The lowest BCUT2D eigenvalue weighted by molar-refractivity contribution is 0.0983. The second kappa shape index (κ2) is 7.01. The van der Waals surface area contributed by atoms with Gasteiger partial charge in [0.05, 0.1) is 12.3 Å². The lowest BCUT2D eigenvalue weighted by Crippen LogP contribution is -2.19. The molecule has 0 bridgehead atoms. The Bertz CT molecular complexity index is 349. The minimum absolute atomic E-state index is 0.0554. The predicted molar refractivity (Wildman–Crippen MR) is 67.5 cm³/mol. The van der Waals surface area contributed by atoms with Crippen molar-refractivity contribution in [2.75, 3.05) is 13.6 Å². The average molecular weight is 236 g/mol. The minimum Gasteiger partial charge on any atom is -0.489 e. The summed E-state index contributed by atoms with van der Waals surface area (Å²) in [5.74, 6) is 0.765. The fraction of sp³-hybridized carbons (Fsp3) is 0.538. The molecule has 94 valence electrons. The Morgan fingerprint density at radius 2 is 2.29 bits per heavy atom. The van der Waals surface area contributed by atoms with Crippen LogP contribution in [0, 0.1) is 0 Å². The second-order valence-corrected chi connectivity index (χ2v) is 3.98. The molecular weight excluding hydrogens is 216 g/mol. The summed E-state index contributed by atoms with van der Waals surface area (Å²) in [6.45, 7) is 4.76. The Hall–Kier alpha value is -1.42. The van der Waals surface area contributed by atoms with E-state index in [0.29, 0.717) is 17.9 Å². The largest absolute Gasteiger partial charge is 0.489 e. The van der Waals surface area contributed by atoms with Crippen LogP contribution in [0.1, 0.15) is 37.2 Å². The molecule has 0 amide bonds. The fourth-order valence-electron chi connectivity index (χ4n) is 1.43. The number of nitrogens with zero attached hydrogens (tertiary/aromatic N) is 1. The van der Waals surface area contributed by atoms with Crippen LogP contribution in [0.25, 0.3) is 0 Å². The van der Waals surface area contributed by atoms with Crippen molar-refractivity contribution >= 4 is 5.78 Å². The molecule has 0 fully saturated rings. The van der Waals surface area contributed by atoms with Crippen molar-refractivity contribution in [3.63, 3.8) is 0 Å². The Balaban J connectivity index is 2.53. The van der Waals surface area contributed by atoms with Crippen molar-refractivity contribution in [3.8, 4) is 5.75 Å². The Labute approximate surface area is 102 Å². The smallest absolute Gasteiger partial charge is 0.180 e. The normalized spacial score (nSPS) is 12.2. The highest BCUT2D eigenvalue weighted by molar-refractivity contribution is 5.93. The number of Topliss-reactive ketones (excluding diaryl/α,β-unsaturated/α-hetero) is 1. The number of ketones is 1. The average Bonchev–Trinajstić information content (AvgIpc) is 2.36. The van der Waals surface area contributed by atoms with E-state index in [9.17, 15) is 4.79 Å². The summed E-state index contributed by atoms with van der Waals surface area (Å²) in [6, 6.07) is 3.51. The molecule has 0 aromatic carbocycles. The fourth-order valence-corrected chi connectivity index (χ4v) is 1.43. The number of hydrogen-bond donors (Lipinski definition) is 1. The number of rotatable bonds is 7. The van der Waals surface area contributed by atoms with E-state index in [0.717, 1.165) is 13.0 Å². The monoisotopic (exact) mass is 236 g/mol. The maximum atomic E-state index is 11.4. The van der Waals surface area contributed by atoms with Gasteiger partial charge in [-0.1, -0.05) is 6.92 Å². The molecule has 4 heteroatoms. The van der Waals surface area contributed by atoms with Gasteiger partial charge in [-0.25, -0.2) is 4.98 Å². The van der Waals surface area contributed by atoms with Gasteiger partial charge in [-0.05, 0) is 39.1 Å². The Morgan fingerprint density at radius 3 is 2.82 bits per heavy atom. The van der Waals surface area contributed by atoms with Gasteiger partial charge in [0.2, 0.25) is 0 Å². The number of pyridine rings is 1. The predicted octanol–water partition coefficient (Wildman–Crippen LogP) is 2.05. The first-order valence-corrected chi connectivity index (χ1v) is 5.97. The molecule has 0 aliphatic carbocycles. The maximum Gasteiger partial charge on any atom is 0.180 e. The molecule has 1 aromatic heterocycles. The molecule has 0 aliphatic heterocycles. The van der Waals surface area contributed by atoms with Gasteiger partial charge in [0.25, 0.3) is 0 Å². The summed E-state index contributed by atoms with van der Waals surface area (Å²) >= 11 is 0. The number of carbonyl (C=O) groups is 1. The van der Waals surface area contributed by atoms with Crippen molar-refractivity contribution in [1.29, 1.82) is 0 Å². The first kappa shape index (κ1) is 13.6. The molecule has 1 atom stereocenters. The van der Waals surface area contributed by atoms with Gasteiger partial charge >= 0.3 is 0 Å². The van der Waals surface area contributed by atoms with E-state index in [1.165, 1.54) is 0 Å². The van der Waals surface area contributed by atoms with Gasteiger partial charge in [-0.15, -0.1) is 0 Å². The third-order valence-electron chi connectivity index (χ3n) is 2.48. The first-order valence-electron chi connectivity index (χ1n) is 5.97. The molecule has 0 radical (unpaired) electrons. The van der Waals surface area contributed by atoms with Gasteiger partial charge < -0.3 is 10.1 Å². The molecule has 1 unspecified atom stereocenters. The topological polar surface area (TPSA) is 51.2 Å². The van der Waals surface area contributed by atoms with Crippen LogP contribution in [0.15, 0.2) is 18.3 Å².